The maximum absolute atomic E-state index is 12.4. The van der Waals surface area contributed by atoms with Gasteiger partial charge in [-0.2, -0.15) is 0 Å². The zero-order valence-electron chi connectivity index (χ0n) is 19.9. The summed E-state index contributed by atoms with van der Waals surface area (Å²) in [5.41, 5.74) is 1.78. The van der Waals surface area contributed by atoms with E-state index in [9.17, 15) is 4.79 Å². The number of carbonyl (C=O) groups excluding carboxylic acids is 1. The summed E-state index contributed by atoms with van der Waals surface area (Å²) in [4.78, 5) is 14.8. The number of ether oxygens (including phenoxy) is 3. The van der Waals surface area contributed by atoms with Gasteiger partial charge in [-0.05, 0) is 42.0 Å². The summed E-state index contributed by atoms with van der Waals surface area (Å²) in [7, 11) is 4.90. The maximum Gasteiger partial charge on any atom is 0.251 e. The predicted molar refractivity (Wildman–Crippen MR) is 128 cm³/mol. The molecule has 2 heterocycles. The highest BCUT2D eigenvalue weighted by molar-refractivity contribution is 5.94. The van der Waals surface area contributed by atoms with Crippen LogP contribution in [0.25, 0.3) is 0 Å². The molecular weight excluding hydrogens is 434 g/mol. The number of aromatic nitrogens is 3. The van der Waals surface area contributed by atoms with E-state index in [1.165, 1.54) is 5.56 Å². The Balaban J connectivity index is 1.31. The summed E-state index contributed by atoms with van der Waals surface area (Å²) in [6.07, 6.45) is 1.46. The molecule has 0 bridgehead atoms. The molecule has 4 rings (SSSR count). The van der Waals surface area contributed by atoms with Crippen molar-refractivity contribution in [3.63, 3.8) is 0 Å². The molecule has 9 nitrogen and oxygen atoms in total. The van der Waals surface area contributed by atoms with E-state index >= 15 is 0 Å². The van der Waals surface area contributed by atoms with E-state index in [1.807, 2.05) is 12.1 Å². The highest BCUT2D eigenvalue weighted by Crippen LogP contribution is 2.28. The van der Waals surface area contributed by atoms with Crippen LogP contribution in [-0.4, -0.2) is 66.5 Å². The Morgan fingerprint density at radius 3 is 2.47 bits per heavy atom. The predicted octanol–water partition coefficient (Wildman–Crippen LogP) is 2.33. The normalized spacial score (nSPS) is 13.6. The van der Waals surface area contributed by atoms with Gasteiger partial charge in [-0.15, -0.1) is 10.2 Å². The fraction of sp³-hybridized carbons (Fsp3) is 0.400. The van der Waals surface area contributed by atoms with Gasteiger partial charge in [-0.25, -0.2) is 0 Å². The van der Waals surface area contributed by atoms with Crippen molar-refractivity contribution in [2.24, 2.45) is 0 Å². The zero-order chi connectivity index (χ0) is 23.9. The van der Waals surface area contributed by atoms with Crippen LogP contribution in [0, 0.1) is 0 Å². The van der Waals surface area contributed by atoms with E-state index in [-0.39, 0.29) is 5.91 Å². The van der Waals surface area contributed by atoms with Gasteiger partial charge in [0.2, 0.25) is 0 Å². The Morgan fingerprint density at radius 1 is 0.941 bits per heavy atom. The van der Waals surface area contributed by atoms with Crippen LogP contribution in [0.3, 0.4) is 0 Å². The van der Waals surface area contributed by atoms with Crippen LogP contribution < -0.4 is 19.5 Å². The lowest BCUT2D eigenvalue weighted by Crippen LogP contribution is -2.28. The van der Waals surface area contributed by atoms with E-state index in [0.717, 1.165) is 61.5 Å². The molecule has 0 saturated heterocycles. The first-order valence-corrected chi connectivity index (χ1v) is 11.4. The van der Waals surface area contributed by atoms with Crippen molar-refractivity contribution in [2.75, 3.05) is 41.0 Å². The van der Waals surface area contributed by atoms with Crippen LogP contribution in [0.1, 0.15) is 27.6 Å². The minimum absolute atomic E-state index is 0.112. The van der Waals surface area contributed by atoms with Crippen LogP contribution >= 0.6 is 0 Å². The lowest BCUT2D eigenvalue weighted by molar-refractivity contribution is 0.0954. The van der Waals surface area contributed by atoms with Gasteiger partial charge in [-0.1, -0.05) is 6.07 Å². The number of rotatable bonds is 9. The van der Waals surface area contributed by atoms with E-state index in [0.29, 0.717) is 18.5 Å². The Labute approximate surface area is 199 Å². The lowest BCUT2D eigenvalue weighted by Gasteiger charge is -2.20. The molecule has 1 aromatic heterocycles. The van der Waals surface area contributed by atoms with E-state index in [2.05, 4.69) is 31.0 Å². The molecule has 1 aliphatic rings. The van der Waals surface area contributed by atoms with Crippen molar-refractivity contribution in [1.82, 2.24) is 25.0 Å². The van der Waals surface area contributed by atoms with Crippen molar-refractivity contribution >= 4 is 5.91 Å². The number of carbonyl (C=O) groups is 1. The summed E-state index contributed by atoms with van der Waals surface area (Å²) in [5.74, 6) is 3.98. The number of hydrogen-bond donors (Lipinski definition) is 1. The third-order valence-electron chi connectivity index (χ3n) is 6.04. The van der Waals surface area contributed by atoms with Gasteiger partial charge in [0.15, 0.2) is 11.5 Å². The molecule has 0 unspecified atom stereocenters. The van der Waals surface area contributed by atoms with Gasteiger partial charge in [0.1, 0.15) is 17.4 Å². The Morgan fingerprint density at radius 2 is 1.74 bits per heavy atom. The summed E-state index contributed by atoms with van der Waals surface area (Å²) < 4.78 is 18.1. The van der Waals surface area contributed by atoms with Crippen molar-refractivity contribution in [1.29, 1.82) is 0 Å². The van der Waals surface area contributed by atoms with Gasteiger partial charge in [0.25, 0.3) is 5.91 Å². The number of methoxy groups -OCH3 is 3. The standard InChI is InChI=1S/C25H31N5O4/c1-32-20-7-5-19(6-8-20)25(31)26-12-10-23-27-28-24-11-13-29(14-15-30(23)24)17-18-4-9-21(33-2)22(16-18)34-3/h4-9,16H,10-15,17H2,1-3H3,(H,26,31). The Bertz CT molecular complexity index is 1110. The quantitative estimate of drug-likeness (QED) is 0.519. The van der Waals surface area contributed by atoms with Crippen LogP contribution in [0.2, 0.25) is 0 Å². The first-order chi connectivity index (χ1) is 16.6. The number of amides is 1. The molecule has 9 heteroatoms. The lowest BCUT2D eigenvalue weighted by atomic mass is 10.2. The zero-order valence-corrected chi connectivity index (χ0v) is 19.9. The van der Waals surface area contributed by atoms with Crippen LogP contribution in [-0.2, 0) is 25.9 Å². The number of hydrogen-bond acceptors (Lipinski definition) is 7. The average Bonchev–Trinajstić information content (AvgIpc) is 3.15. The van der Waals surface area contributed by atoms with Gasteiger partial charge in [-0.3, -0.25) is 9.69 Å². The molecule has 34 heavy (non-hydrogen) atoms. The molecule has 0 radical (unpaired) electrons. The molecule has 0 fully saturated rings. The second-order valence-corrected chi connectivity index (χ2v) is 8.13. The van der Waals surface area contributed by atoms with Crippen molar-refractivity contribution in [3.8, 4) is 17.2 Å². The molecule has 180 valence electrons. The molecule has 0 aliphatic carbocycles. The van der Waals surface area contributed by atoms with Crippen LogP contribution in [0.4, 0.5) is 0 Å². The first-order valence-electron chi connectivity index (χ1n) is 11.4. The smallest absolute Gasteiger partial charge is 0.251 e. The number of nitrogens with one attached hydrogen (secondary N) is 1. The maximum atomic E-state index is 12.4. The third kappa shape index (κ3) is 5.48. The van der Waals surface area contributed by atoms with E-state index in [1.54, 1.807) is 45.6 Å². The first kappa shape index (κ1) is 23.6. The fourth-order valence-corrected chi connectivity index (χ4v) is 4.14. The molecule has 1 aliphatic heterocycles. The summed E-state index contributed by atoms with van der Waals surface area (Å²) >= 11 is 0. The number of nitrogens with zero attached hydrogens (tertiary/aromatic N) is 4. The SMILES string of the molecule is COc1ccc(C(=O)NCCc2nnc3n2CCN(Cc2ccc(OC)c(OC)c2)CC3)cc1. The molecule has 0 spiro atoms. The molecule has 0 atom stereocenters. The highest BCUT2D eigenvalue weighted by atomic mass is 16.5. The van der Waals surface area contributed by atoms with E-state index < -0.39 is 0 Å². The fourth-order valence-electron chi connectivity index (χ4n) is 4.14. The Hall–Kier alpha value is -3.59. The Kier molecular flexibility index (Phi) is 7.64. The van der Waals surface area contributed by atoms with Gasteiger partial charge in [0, 0.05) is 51.1 Å². The minimum atomic E-state index is -0.112. The van der Waals surface area contributed by atoms with Crippen molar-refractivity contribution in [2.45, 2.75) is 25.9 Å². The monoisotopic (exact) mass is 465 g/mol. The molecule has 3 aromatic rings. The topological polar surface area (TPSA) is 90.7 Å². The molecule has 1 N–H and O–H groups in total. The molecule has 0 saturated carbocycles. The highest BCUT2D eigenvalue weighted by Gasteiger charge is 2.19. The second-order valence-electron chi connectivity index (χ2n) is 8.13. The molecular formula is C25H31N5O4. The van der Waals surface area contributed by atoms with Crippen LogP contribution in [0.5, 0.6) is 17.2 Å². The third-order valence-corrected chi connectivity index (χ3v) is 6.04. The van der Waals surface area contributed by atoms with Crippen LogP contribution in [0.15, 0.2) is 42.5 Å². The molecule has 2 aromatic carbocycles. The van der Waals surface area contributed by atoms with Gasteiger partial charge in [0.05, 0.1) is 21.3 Å². The molecule has 1 amide bonds. The summed E-state index contributed by atoms with van der Waals surface area (Å²) in [6.45, 7) is 3.94. The summed E-state index contributed by atoms with van der Waals surface area (Å²) in [5, 5.41) is 11.8. The van der Waals surface area contributed by atoms with Gasteiger partial charge >= 0.3 is 0 Å². The number of benzene rings is 2. The summed E-state index contributed by atoms with van der Waals surface area (Å²) in [6, 6.07) is 13.1. The van der Waals surface area contributed by atoms with E-state index in [4.69, 9.17) is 14.2 Å². The van der Waals surface area contributed by atoms with Crippen molar-refractivity contribution < 1.29 is 19.0 Å². The minimum Gasteiger partial charge on any atom is -0.497 e. The second kappa shape index (κ2) is 11.0. The average molecular weight is 466 g/mol. The van der Waals surface area contributed by atoms with Gasteiger partial charge < -0.3 is 24.1 Å². The van der Waals surface area contributed by atoms with Crippen molar-refractivity contribution in [3.05, 3.63) is 65.2 Å². The largest absolute Gasteiger partial charge is 0.497 e. The number of fused-ring (bicyclic) bond motifs is 1.